The number of methoxy groups -OCH3 is 1. The van der Waals surface area contributed by atoms with Gasteiger partial charge in [-0.2, -0.15) is 5.26 Å². The minimum absolute atomic E-state index is 0.0290. The molecule has 0 saturated carbocycles. The van der Waals surface area contributed by atoms with Crippen molar-refractivity contribution in [2.45, 2.75) is 26.5 Å². The third-order valence-electron chi connectivity index (χ3n) is 3.96. The molecular formula is C22H21BrN2O5. The SMILES string of the molecule is COc1cc(/C=C(\C#N)C(=O)NC(C)C)c(Br)cc1OCc1ccc(C(=O)O)cc1. The Morgan fingerprint density at radius 3 is 2.43 bits per heavy atom. The highest BCUT2D eigenvalue weighted by atomic mass is 79.9. The molecule has 2 aromatic rings. The molecule has 2 N–H and O–H groups in total. The molecule has 0 bridgehead atoms. The predicted molar refractivity (Wildman–Crippen MR) is 115 cm³/mol. The molecule has 8 heteroatoms. The summed E-state index contributed by atoms with van der Waals surface area (Å²) in [5.74, 6) is -0.568. The summed E-state index contributed by atoms with van der Waals surface area (Å²) in [4.78, 5) is 23.1. The van der Waals surface area contributed by atoms with Crippen LogP contribution in [0.4, 0.5) is 0 Å². The van der Waals surface area contributed by atoms with Crippen molar-refractivity contribution in [3.63, 3.8) is 0 Å². The van der Waals surface area contributed by atoms with Crippen LogP contribution in [-0.2, 0) is 11.4 Å². The van der Waals surface area contributed by atoms with Crippen molar-refractivity contribution in [1.29, 1.82) is 5.26 Å². The normalized spacial score (nSPS) is 11.0. The number of halogens is 1. The Bertz CT molecular complexity index is 1010. The zero-order chi connectivity index (χ0) is 22.3. The largest absolute Gasteiger partial charge is 0.493 e. The van der Waals surface area contributed by atoms with Gasteiger partial charge in [-0.3, -0.25) is 4.79 Å². The number of hydrogen-bond acceptors (Lipinski definition) is 5. The molecule has 2 rings (SSSR count). The van der Waals surface area contributed by atoms with Crippen LogP contribution in [0, 0.1) is 11.3 Å². The van der Waals surface area contributed by atoms with Crippen LogP contribution in [0.3, 0.4) is 0 Å². The molecule has 1 amide bonds. The zero-order valence-electron chi connectivity index (χ0n) is 16.7. The highest BCUT2D eigenvalue weighted by Crippen LogP contribution is 2.35. The van der Waals surface area contributed by atoms with E-state index in [9.17, 15) is 14.9 Å². The third-order valence-corrected chi connectivity index (χ3v) is 4.65. The molecule has 30 heavy (non-hydrogen) atoms. The maximum absolute atomic E-state index is 12.1. The Labute approximate surface area is 183 Å². The Morgan fingerprint density at radius 1 is 1.23 bits per heavy atom. The first-order valence-electron chi connectivity index (χ1n) is 9.00. The van der Waals surface area contributed by atoms with Gasteiger partial charge in [-0.15, -0.1) is 0 Å². The fourth-order valence-corrected chi connectivity index (χ4v) is 2.92. The number of carbonyl (C=O) groups is 2. The summed E-state index contributed by atoms with van der Waals surface area (Å²) in [5.41, 5.74) is 1.54. The maximum atomic E-state index is 12.1. The topological polar surface area (TPSA) is 109 Å². The molecule has 0 fully saturated rings. The first-order valence-corrected chi connectivity index (χ1v) is 9.79. The van der Waals surface area contributed by atoms with Gasteiger partial charge in [-0.05, 0) is 55.3 Å². The van der Waals surface area contributed by atoms with Crippen LogP contribution in [0.1, 0.15) is 35.3 Å². The number of carbonyl (C=O) groups excluding carboxylic acids is 1. The molecule has 0 aliphatic carbocycles. The fourth-order valence-electron chi connectivity index (χ4n) is 2.48. The van der Waals surface area contributed by atoms with Gasteiger partial charge in [0, 0.05) is 10.5 Å². The second-order valence-corrected chi connectivity index (χ2v) is 7.47. The smallest absolute Gasteiger partial charge is 0.335 e. The Hall–Kier alpha value is -3.31. The van der Waals surface area contributed by atoms with Crippen molar-refractivity contribution in [3.05, 3.63) is 63.1 Å². The van der Waals surface area contributed by atoms with Crippen molar-refractivity contribution in [2.75, 3.05) is 7.11 Å². The number of aromatic carboxylic acids is 1. The highest BCUT2D eigenvalue weighted by Gasteiger charge is 2.14. The van der Waals surface area contributed by atoms with Gasteiger partial charge in [0.05, 0.1) is 12.7 Å². The van der Waals surface area contributed by atoms with Crippen LogP contribution >= 0.6 is 15.9 Å². The minimum atomic E-state index is -0.990. The van der Waals surface area contributed by atoms with Crippen molar-refractivity contribution < 1.29 is 24.2 Å². The Kier molecular flexibility index (Phi) is 8.01. The minimum Gasteiger partial charge on any atom is -0.493 e. The maximum Gasteiger partial charge on any atom is 0.335 e. The van der Waals surface area contributed by atoms with E-state index in [1.165, 1.54) is 25.3 Å². The summed E-state index contributed by atoms with van der Waals surface area (Å²) < 4.78 is 11.8. The quantitative estimate of drug-likeness (QED) is 0.440. The number of nitrogens with zero attached hydrogens (tertiary/aromatic N) is 1. The number of nitrogens with one attached hydrogen (secondary N) is 1. The summed E-state index contributed by atoms with van der Waals surface area (Å²) in [6.07, 6.45) is 1.47. The Morgan fingerprint density at radius 2 is 1.90 bits per heavy atom. The van der Waals surface area contributed by atoms with Crippen molar-refractivity contribution >= 4 is 33.9 Å². The molecule has 0 atom stereocenters. The van der Waals surface area contributed by atoms with E-state index in [1.807, 2.05) is 19.9 Å². The number of rotatable bonds is 8. The highest BCUT2D eigenvalue weighted by molar-refractivity contribution is 9.10. The molecule has 0 spiro atoms. The van der Waals surface area contributed by atoms with Crippen molar-refractivity contribution in [1.82, 2.24) is 5.32 Å². The lowest BCUT2D eigenvalue weighted by atomic mass is 10.1. The van der Waals surface area contributed by atoms with Crippen LogP contribution in [0.15, 0.2) is 46.4 Å². The Balaban J connectivity index is 2.24. The lowest BCUT2D eigenvalue weighted by Crippen LogP contribution is -2.30. The molecule has 0 aromatic heterocycles. The molecule has 156 valence electrons. The standard InChI is InChI=1S/C22H21BrN2O5/c1-13(2)25-21(26)17(11-24)8-16-9-19(29-3)20(10-18(16)23)30-12-14-4-6-15(7-5-14)22(27)28/h4-10,13H,12H2,1-3H3,(H,25,26)(H,27,28)/b17-8+. The number of hydrogen-bond donors (Lipinski definition) is 2. The van der Waals surface area contributed by atoms with Gasteiger partial charge in [-0.25, -0.2) is 4.79 Å². The molecule has 0 saturated heterocycles. The van der Waals surface area contributed by atoms with Gasteiger partial charge < -0.3 is 19.9 Å². The molecule has 0 radical (unpaired) electrons. The van der Waals surface area contributed by atoms with Crippen LogP contribution in [0.25, 0.3) is 6.08 Å². The van der Waals surface area contributed by atoms with Crippen LogP contribution < -0.4 is 14.8 Å². The van der Waals surface area contributed by atoms with Crippen molar-refractivity contribution in [3.8, 4) is 17.6 Å². The third kappa shape index (κ3) is 6.09. The number of nitriles is 1. The monoisotopic (exact) mass is 472 g/mol. The summed E-state index contributed by atoms with van der Waals surface area (Å²) in [6.45, 7) is 3.83. The van der Waals surface area contributed by atoms with E-state index in [0.717, 1.165) is 5.56 Å². The van der Waals surface area contributed by atoms with Gasteiger partial charge >= 0.3 is 5.97 Å². The number of carboxylic acid groups (broad SMARTS) is 1. The van der Waals surface area contributed by atoms with E-state index in [2.05, 4.69) is 21.2 Å². The van der Waals surface area contributed by atoms with E-state index >= 15 is 0 Å². The average Bonchev–Trinajstić information content (AvgIpc) is 2.71. The van der Waals surface area contributed by atoms with Gasteiger partial charge in [0.15, 0.2) is 11.5 Å². The lowest BCUT2D eigenvalue weighted by Gasteiger charge is -2.13. The van der Waals surface area contributed by atoms with E-state index < -0.39 is 11.9 Å². The first-order chi connectivity index (χ1) is 14.2. The summed E-state index contributed by atoms with van der Waals surface area (Å²) in [7, 11) is 1.49. The summed E-state index contributed by atoms with van der Waals surface area (Å²) >= 11 is 3.43. The van der Waals surface area contributed by atoms with Gasteiger partial charge in [0.2, 0.25) is 0 Å². The molecule has 0 heterocycles. The van der Waals surface area contributed by atoms with Gasteiger partial charge in [0.1, 0.15) is 18.2 Å². The van der Waals surface area contributed by atoms with Crippen LogP contribution in [0.2, 0.25) is 0 Å². The average molecular weight is 473 g/mol. The second-order valence-electron chi connectivity index (χ2n) is 6.61. The van der Waals surface area contributed by atoms with E-state index in [-0.39, 0.29) is 23.8 Å². The lowest BCUT2D eigenvalue weighted by molar-refractivity contribution is -0.117. The van der Waals surface area contributed by atoms with Crippen molar-refractivity contribution in [2.24, 2.45) is 0 Å². The molecule has 2 aromatic carbocycles. The van der Waals surface area contributed by atoms with Gasteiger partial charge in [0.25, 0.3) is 5.91 Å². The van der Waals surface area contributed by atoms with Gasteiger partial charge in [-0.1, -0.05) is 28.1 Å². The number of carboxylic acids is 1. The summed E-state index contributed by atoms with van der Waals surface area (Å²) in [5, 5.41) is 21.0. The molecule has 0 aliphatic heterocycles. The number of benzene rings is 2. The number of ether oxygens (including phenoxy) is 2. The van der Waals surface area contributed by atoms with E-state index in [4.69, 9.17) is 14.6 Å². The zero-order valence-corrected chi connectivity index (χ0v) is 18.3. The predicted octanol–water partition coefficient (Wildman–Crippen LogP) is 4.17. The van der Waals surface area contributed by atoms with Crippen LogP contribution in [-0.4, -0.2) is 30.1 Å². The molecule has 0 unspecified atom stereocenters. The molecule has 7 nitrogen and oxygen atoms in total. The fraction of sp³-hybridized carbons (Fsp3) is 0.227. The number of amides is 1. The first kappa shape index (κ1) is 23.0. The summed E-state index contributed by atoms with van der Waals surface area (Å²) in [6, 6.07) is 11.5. The van der Waals surface area contributed by atoms with E-state index in [0.29, 0.717) is 21.5 Å². The molecular weight excluding hydrogens is 452 g/mol. The van der Waals surface area contributed by atoms with Crippen LogP contribution in [0.5, 0.6) is 11.5 Å². The molecule has 0 aliphatic rings. The second kappa shape index (κ2) is 10.5. The van der Waals surface area contributed by atoms with E-state index in [1.54, 1.807) is 24.3 Å².